The summed E-state index contributed by atoms with van der Waals surface area (Å²) in [5.41, 5.74) is 9.73. The highest BCUT2D eigenvalue weighted by atomic mass is 16.1. The van der Waals surface area contributed by atoms with Crippen molar-refractivity contribution in [3.8, 4) is 5.69 Å². The molecular weight excluding hydrogens is 352 g/mol. The van der Waals surface area contributed by atoms with E-state index in [-0.39, 0.29) is 30.0 Å². The zero-order valence-electron chi connectivity index (χ0n) is 15.7. The highest BCUT2D eigenvalue weighted by Crippen LogP contribution is 2.24. The average molecular weight is 374 g/mol. The van der Waals surface area contributed by atoms with Gasteiger partial charge in [-0.2, -0.15) is 5.10 Å². The van der Waals surface area contributed by atoms with Crippen molar-refractivity contribution < 1.29 is 9.59 Å². The number of hydrogen-bond acceptors (Lipinski definition) is 4. The molecule has 1 aromatic heterocycles. The molecular formula is C22H22N4O2. The van der Waals surface area contributed by atoms with Crippen LogP contribution in [0.5, 0.6) is 0 Å². The Morgan fingerprint density at radius 1 is 1.18 bits per heavy atom. The van der Waals surface area contributed by atoms with Crippen molar-refractivity contribution >= 4 is 17.5 Å². The van der Waals surface area contributed by atoms with E-state index < -0.39 is 0 Å². The first-order chi connectivity index (χ1) is 13.5. The minimum absolute atomic E-state index is 0.0877. The first-order valence-corrected chi connectivity index (χ1v) is 9.35. The van der Waals surface area contributed by atoms with Crippen LogP contribution < -0.4 is 11.1 Å². The minimum Gasteiger partial charge on any atom is -0.383 e. The summed E-state index contributed by atoms with van der Waals surface area (Å²) in [7, 11) is 0. The first-order valence-electron chi connectivity index (χ1n) is 9.35. The quantitative estimate of drug-likeness (QED) is 0.649. The Bertz CT molecular complexity index is 1040. The number of benzene rings is 2. The molecule has 0 saturated heterocycles. The number of nitrogens with one attached hydrogen (secondary N) is 1. The second kappa shape index (κ2) is 7.31. The Kier molecular flexibility index (Phi) is 4.69. The number of ketones is 1. The monoisotopic (exact) mass is 374 g/mol. The van der Waals surface area contributed by atoms with E-state index in [2.05, 4.69) is 10.4 Å². The van der Waals surface area contributed by atoms with Crippen LogP contribution in [0.2, 0.25) is 0 Å². The van der Waals surface area contributed by atoms with Gasteiger partial charge in [0, 0.05) is 18.0 Å². The minimum atomic E-state index is -0.102. The van der Waals surface area contributed by atoms with Crippen molar-refractivity contribution in [1.29, 1.82) is 0 Å². The lowest BCUT2D eigenvalue weighted by atomic mass is 10.0. The highest BCUT2D eigenvalue weighted by Gasteiger charge is 2.24. The zero-order chi connectivity index (χ0) is 19.7. The fourth-order valence-corrected chi connectivity index (χ4v) is 3.12. The predicted octanol–water partition coefficient (Wildman–Crippen LogP) is 3.08. The number of amides is 1. The molecule has 3 aromatic rings. The van der Waals surface area contributed by atoms with Crippen LogP contribution in [0.3, 0.4) is 0 Å². The van der Waals surface area contributed by atoms with E-state index in [1.165, 1.54) is 10.9 Å². The molecule has 0 unspecified atom stereocenters. The molecule has 1 fully saturated rings. The molecule has 142 valence electrons. The molecule has 2 aromatic carbocycles. The van der Waals surface area contributed by atoms with Crippen molar-refractivity contribution in [3.05, 3.63) is 77.0 Å². The predicted molar refractivity (Wildman–Crippen MR) is 108 cm³/mol. The molecule has 3 N–H and O–H groups in total. The third-order valence-corrected chi connectivity index (χ3v) is 4.93. The van der Waals surface area contributed by atoms with Crippen LogP contribution in [-0.4, -0.2) is 27.5 Å². The van der Waals surface area contributed by atoms with Crippen molar-refractivity contribution in [2.24, 2.45) is 0 Å². The van der Waals surface area contributed by atoms with Gasteiger partial charge >= 0.3 is 0 Å². The van der Waals surface area contributed by atoms with E-state index >= 15 is 0 Å². The SMILES string of the molecule is Cc1ccc(C(=O)NC2CC2)cc1-n1ncc(C(=O)Cc2ccccc2)c1N. The smallest absolute Gasteiger partial charge is 0.251 e. The lowest BCUT2D eigenvalue weighted by Gasteiger charge is -2.11. The van der Waals surface area contributed by atoms with Gasteiger partial charge in [0.05, 0.1) is 17.4 Å². The third kappa shape index (κ3) is 3.67. The van der Waals surface area contributed by atoms with Gasteiger partial charge in [-0.3, -0.25) is 9.59 Å². The maximum absolute atomic E-state index is 12.7. The summed E-state index contributed by atoms with van der Waals surface area (Å²) in [5.74, 6) is 0.0915. The molecule has 1 aliphatic carbocycles. The molecule has 0 aliphatic heterocycles. The molecule has 4 rings (SSSR count). The van der Waals surface area contributed by atoms with Crippen molar-refractivity contribution in [1.82, 2.24) is 15.1 Å². The van der Waals surface area contributed by atoms with Crippen LogP contribution in [0.25, 0.3) is 5.69 Å². The third-order valence-electron chi connectivity index (χ3n) is 4.93. The zero-order valence-corrected chi connectivity index (χ0v) is 15.7. The molecule has 28 heavy (non-hydrogen) atoms. The molecule has 0 atom stereocenters. The van der Waals surface area contributed by atoms with Gasteiger partial charge in [-0.15, -0.1) is 0 Å². The van der Waals surface area contributed by atoms with Crippen LogP contribution in [0.4, 0.5) is 5.82 Å². The Hall–Kier alpha value is -3.41. The number of aryl methyl sites for hydroxylation is 1. The number of Topliss-reactive ketones (excluding diaryl/α,β-unsaturated/α-hetero) is 1. The average Bonchev–Trinajstić information content (AvgIpc) is 3.42. The van der Waals surface area contributed by atoms with E-state index in [1.54, 1.807) is 12.1 Å². The summed E-state index contributed by atoms with van der Waals surface area (Å²) in [6.45, 7) is 1.92. The number of aromatic nitrogens is 2. The molecule has 6 nitrogen and oxygen atoms in total. The highest BCUT2D eigenvalue weighted by molar-refractivity contribution is 6.01. The number of carbonyl (C=O) groups is 2. The maximum Gasteiger partial charge on any atom is 0.251 e. The molecule has 0 radical (unpaired) electrons. The summed E-state index contributed by atoms with van der Waals surface area (Å²) in [6, 6.07) is 15.2. The number of carbonyl (C=O) groups excluding carboxylic acids is 2. The van der Waals surface area contributed by atoms with Gasteiger partial charge in [0.25, 0.3) is 5.91 Å². The molecule has 0 bridgehead atoms. The standard InChI is InChI=1S/C22H22N4O2/c1-14-7-8-16(22(28)25-17-9-10-17)12-19(14)26-21(23)18(13-24-26)20(27)11-15-5-3-2-4-6-15/h2-8,12-13,17H,9-11,23H2,1H3,(H,25,28). The number of nitrogen functional groups attached to an aromatic ring is 1. The van der Waals surface area contributed by atoms with Crippen LogP contribution in [-0.2, 0) is 6.42 Å². The number of rotatable bonds is 6. The number of nitrogens with zero attached hydrogens (tertiary/aromatic N) is 2. The summed E-state index contributed by atoms with van der Waals surface area (Å²) in [6.07, 6.45) is 3.82. The fraction of sp³-hybridized carbons (Fsp3) is 0.227. The van der Waals surface area contributed by atoms with Crippen LogP contribution in [0, 0.1) is 6.92 Å². The largest absolute Gasteiger partial charge is 0.383 e. The number of hydrogen-bond donors (Lipinski definition) is 2. The summed E-state index contributed by atoms with van der Waals surface area (Å²) >= 11 is 0. The summed E-state index contributed by atoms with van der Waals surface area (Å²) < 4.78 is 1.53. The second-order valence-corrected chi connectivity index (χ2v) is 7.19. The van der Waals surface area contributed by atoms with Crippen LogP contribution in [0.1, 0.15) is 44.7 Å². The fourth-order valence-electron chi connectivity index (χ4n) is 3.12. The summed E-state index contributed by atoms with van der Waals surface area (Å²) in [4.78, 5) is 25.0. The van der Waals surface area contributed by atoms with E-state index in [4.69, 9.17) is 5.73 Å². The maximum atomic E-state index is 12.7. The number of anilines is 1. The van der Waals surface area contributed by atoms with Crippen molar-refractivity contribution in [2.75, 3.05) is 5.73 Å². The second-order valence-electron chi connectivity index (χ2n) is 7.19. The van der Waals surface area contributed by atoms with Crippen LogP contribution in [0.15, 0.2) is 54.7 Å². The topological polar surface area (TPSA) is 90.0 Å². The van der Waals surface area contributed by atoms with Gasteiger partial charge in [-0.1, -0.05) is 36.4 Å². The molecule has 1 saturated carbocycles. The van der Waals surface area contributed by atoms with Gasteiger partial charge in [0.2, 0.25) is 0 Å². The normalized spacial score (nSPS) is 13.3. The van der Waals surface area contributed by atoms with E-state index in [0.29, 0.717) is 16.8 Å². The Balaban J connectivity index is 1.61. The molecule has 0 spiro atoms. The van der Waals surface area contributed by atoms with Gasteiger partial charge in [0.15, 0.2) is 5.78 Å². The van der Waals surface area contributed by atoms with Gasteiger partial charge in [-0.25, -0.2) is 4.68 Å². The number of nitrogens with two attached hydrogens (primary N) is 1. The van der Waals surface area contributed by atoms with Crippen molar-refractivity contribution in [2.45, 2.75) is 32.2 Å². The van der Waals surface area contributed by atoms with E-state index in [0.717, 1.165) is 24.0 Å². The molecule has 6 heteroatoms. The molecule has 1 heterocycles. The van der Waals surface area contributed by atoms with Crippen LogP contribution >= 0.6 is 0 Å². The Labute approximate surface area is 163 Å². The Morgan fingerprint density at radius 3 is 2.64 bits per heavy atom. The van der Waals surface area contributed by atoms with Crippen molar-refractivity contribution in [3.63, 3.8) is 0 Å². The lowest BCUT2D eigenvalue weighted by molar-refractivity contribution is 0.0949. The Morgan fingerprint density at radius 2 is 1.93 bits per heavy atom. The van der Waals surface area contributed by atoms with Gasteiger partial charge in [-0.05, 0) is 43.0 Å². The molecule has 1 aliphatic rings. The van der Waals surface area contributed by atoms with Gasteiger partial charge < -0.3 is 11.1 Å². The lowest BCUT2D eigenvalue weighted by Crippen LogP contribution is -2.25. The molecule has 1 amide bonds. The first kappa shape index (κ1) is 18.0. The summed E-state index contributed by atoms with van der Waals surface area (Å²) in [5, 5.41) is 7.30. The van der Waals surface area contributed by atoms with E-state index in [9.17, 15) is 9.59 Å². The van der Waals surface area contributed by atoms with E-state index in [1.807, 2.05) is 43.3 Å². The van der Waals surface area contributed by atoms with Gasteiger partial charge in [0.1, 0.15) is 5.82 Å².